The molecule has 1 N–H and O–H groups in total. The maximum Gasteiger partial charge on any atom is 0.347 e. The number of hydrogen-bond donors (Lipinski definition) is 1. The first-order valence-electron chi connectivity index (χ1n) is 8.78. The molecule has 0 aliphatic rings. The Bertz CT molecular complexity index is 889. The molecule has 0 heterocycles. The smallest absolute Gasteiger partial charge is 0.347 e. The highest BCUT2D eigenvalue weighted by atomic mass is 16.6. The van der Waals surface area contributed by atoms with Crippen molar-refractivity contribution in [1.82, 2.24) is 5.32 Å². The molecule has 0 aliphatic heterocycles. The molecule has 0 aliphatic carbocycles. The van der Waals surface area contributed by atoms with Crippen LogP contribution in [0.1, 0.15) is 18.1 Å². The molecule has 0 spiro atoms. The van der Waals surface area contributed by atoms with E-state index in [0.29, 0.717) is 22.8 Å². The van der Waals surface area contributed by atoms with Gasteiger partial charge in [-0.05, 0) is 48.9 Å². The summed E-state index contributed by atoms with van der Waals surface area (Å²) in [5.41, 5.74) is 1.29. The van der Waals surface area contributed by atoms with Crippen LogP contribution in [0, 0.1) is 11.3 Å². The van der Waals surface area contributed by atoms with E-state index >= 15 is 0 Å². The number of ether oxygens (including phenoxy) is 4. The van der Waals surface area contributed by atoms with Crippen LogP contribution in [0.25, 0.3) is 0 Å². The molecule has 0 bridgehead atoms. The zero-order chi connectivity index (χ0) is 21.2. The van der Waals surface area contributed by atoms with Crippen molar-refractivity contribution in [3.63, 3.8) is 0 Å². The molecule has 0 saturated carbocycles. The fourth-order valence-electron chi connectivity index (χ4n) is 2.36. The largest absolute Gasteiger partial charge is 0.493 e. The predicted molar refractivity (Wildman–Crippen MR) is 104 cm³/mol. The second-order valence-electron chi connectivity index (χ2n) is 5.97. The molecule has 2 aromatic carbocycles. The minimum atomic E-state index is -0.901. The summed E-state index contributed by atoms with van der Waals surface area (Å²) >= 11 is 0. The molecule has 2 aromatic rings. The van der Waals surface area contributed by atoms with Crippen molar-refractivity contribution < 1.29 is 28.5 Å². The Morgan fingerprint density at radius 3 is 2.38 bits per heavy atom. The van der Waals surface area contributed by atoms with Gasteiger partial charge in [0.25, 0.3) is 5.91 Å². The van der Waals surface area contributed by atoms with Gasteiger partial charge in [0.15, 0.2) is 24.2 Å². The summed E-state index contributed by atoms with van der Waals surface area (Å²) in [5.74, 6) is 0.452. The van der Waals surface area contributed by atoms with Gasteiger partial charge in [0.1, 0.15) is 5.75 Å². The number of benzene rings is 2. The minimum Gasteiger partial charge on any atom is -0.493 e. The number of nitrogens with one attached hydrogen (secondary N) is 1. The fraction of sp³-hybridized carbons (Fsp3) is 0.286. The van der Waals surface area contributed by atoms with Crippen LogP contribution < -0.4 is 19.5 Å². The third-order valence-corrected chi connectivity index (χ3v) is 3.91. The number of methoxy groups -OCH3 is 2. The normalized spacial score (nSPS) is 11.0. The average molecular weight is 398 g/mol. The van der Waals surface area contributed by atoms with Crippen LogP contribution in [0.4, 0.5) is 0 Å². The van der Waals surface area contributed by atoms with E-state index in [2.05, 4.69) is 5.32 Å². The molecule has 0 unspecified atom stereocenters. The number of nitriles is 1. The van der Waals surface area contributed by atoms with Crippen molar-refractivity contribution >= 4 is 11.9 Å². The van der Waals surface area contributed by atoms with E-state index in [4.69, 9.17) is 24.2 Å². The van der Waals surface area contributed by atoms with Crippen molar-refractivity contribution in [2.75, 3.05) is 20.8 Å². The van der Waals surface area contributed by atoms with E-state index in [0.717, 1.165) is 5.56 Å². The summed E-state index contributed by atoms with van der Waals surface area (Å²) in [7, 11) is 3.07. The first kappa shape index (κ1) is 21.6. The first-order valence-corrected chi connectivity index (χ1v) is 8.78. The first-order chi connectivity index (χ1) is 14.0. The van der Waals surface area contributed by atoms with Gasteiger partial charge in [0, 0.05) is 6.54 Å². The lowest BCUT2D eigenvalue weighted by molar-refractivity contribution is -0.154. The Morgan fingerprint density at radius 2 is 1.76 bits per heavy atom. The fourth-order valence-corrected chi connectivity index (χ4v) is 2.36. The van der Waals surface area contributed by atoms with Gasteiger partial charge < -0.3 is 24.3 Å². The predicted octanol–water partition coefficient (Wildman–Crippen LogP) is 2.20. The summed E-state index contributed by atoms with van der Waals surface area (Å²) in [6.45, 7) is 1.34. The Labute approximate surface area is 168 Å². The van der Waals surface area contributed by atoms with Crippen LogP contribution in [0.15, 0.2) is 42.5 Å². The SMILES string of the molecule is COc1ccc(CNC(=O)COC(=O)[C@@H](C)Oc2ccc(C#N)cc2)cc1OC. The molecule has 29 heavy (non-hydrogen) atoms. The summed E-state index contributed by atoms with van der Waals surface area (Å²) in [6, 6.07) is 13.6. The van der Waals surface area contributed by atoms with E-state index < -0.39 is 24.6 Å². The summed E-state index contributed by atoms with van der Waals surface area (Å²) < 4.78 is 20.8. The van der Waals surface area contributed by atoms with E-state index in [1.54, 1.807) is 49.6 Å². The number of esters is 1. The van der Waals surface area contributed by atoms with Gasteiger partial charge in [-0.2, -0.15) is 5.26 Å². The quantitative estimate of drug-likeness (QED) is 0.645. The van der Waals surface area contributed by atoms with Crippen LogP contribution in [0.5, 0.6) is 17.2 Å². The summed E-state index contributed by atoms with van der Waals surface area (Å²) in [6.07, 6.45) is -0.901. The molecule has 0 saturated heterocycles. The van der Waals surface area contributed by atoms with Crippen molar-refractivity contribution in [1.29, 1.82) is 5.26 Å². The van der Waals surface area contributed by atoms with Crippen LogP contribution in [0.2, 0.25) is 0 Å². The second kappa shape index (κ2) is 10.6. The van der Waals surface area contributed by atoms with Crippen LogP contribution in [0.3, 0.4) is 0 Å². The molecule has 152 valence electrons. The van der Waals surface area contributed by atoms with Gasteiger partial charge in [-0.25, -0.2) is 4.79 Å². The lowest BCUT2D eigenvalue weighted by Crippen LogP contribution is -2.32. The highest BCUT2D eigenvalue weighted by molar-refractivity contribution is 5.82. The van der Waals surface area contributed by atoms with Crippen LogP contribution >= 0.6 is 0 Å². The molecule has 2 rings (SSSR count). The number of carbonyl (C=O) groups excluding carboxylic acids is 2. The number of rotatable bonds is 9. The molecule has 1 atom stereocenters. The van der Waals surface area contributed by atoms with Gasteiger partial charge in [-0.15, -0.1) is 0 Å². The lowest BCUT2D eigenvalue weighted by Gasteiger charge is -2.14. The van der Waals surface area contributed by atoms with Gasteiger partial charge in [0.2, 0.25) is 0 Å². The molecule has 0 aromatic heterocycles. The highest BCUT2D eigenvalue weighted by Crippen LogP contribution is 2.27. The van der Waals surface area contributed by atoms with Crippen LogP contribution in [-0.2, 0) is 20.9 Å². The Balaban J connectivity index is 1.77. The number of amides is 1. The van der Waals surface area contributed by atoms with Gasteiger partial charge in [-0.3, -0.25) is 4.79 Å². The summed E-state index contributed by atoms with van der Waals surface area (Å²) in [4.78, 5) is 23.9. The topological polar surface area (TPSA) is 107 Å². The lowest BCUT2D eigenvalue weighted by atomic mass is 10.2. The average Bonchev–Trinajstić information content (AvgIpc) is 2.76. The van der Waals surface area contributed by atoms with Crippen molar-refractivity contribution in [3.8, 4) is 23.3 Å². The zero-order valence-electron chi connectivity index (χ0n) is 16.4. The summed E-state index contributed by atoms with van der Waals surface area (Å²) in [5, 5.41) is 11.4. The zero-order valence-corrected chi connectivity index (χ0v) is 16.4. The van der Waals surface area contributed by atoms with Crippen molar-refractivity contribution in [3.05, 3.63) is 53.6 Å². The Kier molecular flexibility index (Phi) is 7.86. The second-order valence-corrected chi connectivity index (χ2v) is 5.97. The maximum absolute atomic E-state index is 12.0. The Hall–Kier alpha value is -3.73. The van der Waals surface area contributed by atoms with E-state index in [9.17, 15) is 9.59 Å². The monoisotopic (exact) mass is 398 g/mol. The molecule has 0 fully saturated rings. The third kappa shape index (κ3) is 6.43. The van der Waals surface area contributed by atoms with Crippen molar-refractivity contribution in [2.24, 2.45) is 0 Å². The molecule has 8 heteroatoms. The number of carbonyl (C=O) groups is 2. The Morgan fingerprint density at radius 1 is 1.07 bits per heavy atom. The minimum absolute atomic E-state index is 0.244. The van der Waals surface area contributed by atoms with E-state index in [1.807, 2.05) is 6.07 Å². The standard InChI is InChI=1S/C21H22N2O6/c1-14(29-17-7-4-15(11-22)5-8-17)21(25)28-13-20(24)23-12-16-6-9-18(26-2)19(10-16)27-3/h4-10,14H,12-13H2,1-3H3,(H,23,24)/t14-/m1/s1. The highest BCUT2D eigenvalue weighted by Gasteiger charge is 2.18. The molecule has 1 amide bonds. The third-order valence-electron chi connectivity index (χ3n) is 3.91. The van der Waals surface area contributed by atoms with Gasteiger partial charge >= 0.3 is 5.97 Å². The molecular formula is C21H22N2O6. The van der Waals surface area contributed by atoms with E-state index in [-0.39, 0.29) is 6.54 Å². The maximum atomic E-state index is 12.0. The number of hydrogen-bond acceptors (Lipinski definition) is 7. The molecule has 8 nitrogen and oxygen atoms in total. The van der Waals surface area contributed by atoms with Crippen molar-refractivity contribution in [2.45, 2.75) is 19.6 Å². The number of nitrogens with zero attached hydrogens (tertiary/aromatic N) is 1. The molecular weight excluding hydrogens is 376 g/mol. The van der Waals surface area contributed by atoms with E-state index in [1.165, 1.54) is 14.0 Å². The van der Waals surface area contributed by atoms with Crippen LogP contribution in [-0.4, -0.2) is 38.8 Å². The van der Waals surface area contributed by atoms with Gasteiger partial charge in [0.05, 0.1) is 25.9 Å². The molecule has 0 radical (unpaired) electrons. The van der Waals surface area contributed by atoms with Gasteiger partial charge in [-0.1, -0.05) is 6.07 Å².